The molecule has 0 aliphatic carbocycles. The van der Waals surface area contributed by atoms with E-state index < -0.39 is 23.2 Å². The smallest absolute Gasteiger partial charge is 0.165 e. The summed E-state index contributed by atoms with van der Waals surface area (Å²) in [6, 6.07) is 1.01. The summed E-state index contributed by atoms with van der Waals surface area (Å²) in [6.07, 6.45) is 1.55. The molecule has 0 aliphatic rings. The summed E-state index contributed by atoms with van der Waals surface area (Å²) in [5.41, 5.74) is -0.373. The van der Waals surface area contributed by atoms with E-state index in [-0.39, 0.29) is 12.0 Å². The molecule has 0 spiro atoms. The van der Waals surface area contributed by atoms with Crippen molar-refractivity contribution in [3.63, 3.8) is 0 Å². The third-order valence-corrected chi connectivity index (χ3v) is 2.07. The van der Waals surface area contributed by atoms with E-state index in [1.807, 2.05) is 6.92 Å². The summed E-state index contributed by atoms with van der Waals surface area (Å²) < 4.78 is 38.4. The van der Waals surface area contributed by atoms with Crippen LogP contribution in [0, 0.1) is 17.5 Å². The lowest BCUT2D eigenvalue weighted by Gasteiger charge is -2.02. The van der Waals surface area contributed by atoms with Gasteiger partial charge in [0.05, 0.1) is 5.56 Å². The lowest BCUT2D eigenvalue weighted by atomic mass is 10.0. The van der Waals surface area contributed by atoms with E-state index in [9.17, 15) is 18.0 Å². The van der Waals surface area contributed by atoms with E-state index in [1.54, 1.807) is 0 Å². The Labute approximate surface area is 85.9 Å². The number of ketones is 1. The SMILES string of the molecule is CCCCC(=O)c1cc(F)c(F)cc1F. The maximum atomic E-state index is 13.1. The Hall–Kier alpha value is -1.32. The molecular weight excluding hydrogens is 205 g/mol. The van der Waals surface area contributed by atoms with Gasteiger partial charge in [-0.3, -0.25) is 4.79 Å². The lowest BCUT2D eigenvalue weighted by molar-refractivity contribution is 0.0975. The summed E-state index contributed by atoms with van der Waals surface area (Å²) in [5.74, 6) is -3.97. The van der Waals surface area contributed by atoms with Crippen molar-refractivity contribution in [3.8, 4) is 0 Å². The second kappa shape index (κ2) is 4.96. The highest BCUT2D eigenvalue weighted by Gasteiger charge is 2.15. The Morgan fingerprint density at radius 3 is 2.33 bits per heavy atom. The monoisotopic (exact) mass is 216 g/mol. The first-order valence-corrected chi connectivity index (χ1v) is 4.74. The van der Waals surface area contributed by atoms with Gasteiger partial charge < -0.3 is 0 Å². The fraction of sp³-hybridized carbons (Fsp3) is 0.364. The summed E-state index contributed by atoms with van der Waals surface area (Å²) in [5, 5.41) is 0. The van der Waals surface area contributed by atoms with Crippen LogP contribution < -0.4 is 0 Å². The highest BCUT2D eigenvalue weighted by molar-refractivity contribution is 5.96. The van der Waals surface area contributed by atoms with Crippen LogP contribution in [0.5, 0.6) is 0 Å². The molecular formula is C11H11F3O. The van der Waals surface area contributed by atoms with Crippen LogP contribution >= 0.6 is 0 Å². The van der Waals surface area contributed by atoms with E-state index >= 15 is 0 Å². The number of unbranched alkanes of at least 4 members (excludes halogenated alkanes) is 1. The summed E-state index contributed by atoms with van der Waals surface area (Å²) in [6.45, 7) is 1.88. The van der Waals surface area contributed by atoms with Gasteiger partial charge in [-0.15, -0.1) is 0 Å². The molecule has 1 nitrogen and oxygen atoms in total. The number of hydrogen-bond acceptors (Lipinski definition) is 1. The molecule has 0 atom stereocenters. The number of benzene rings is 1. The molecule has 0 aliphatic heterocycles. The van der Waals surface area contributed by atoms with E-state index in [0.29, 0.717) is 18.6 Å². The first-order valence-electron chi connectivity index (χ1n) is 4.74. The summed E-state index contributed by atoms with van der Waals surface area (Å²) in [7, 11) is 0. The standard InChI is InChI=1S/C11H11F3O/c1-2-3-4-11(15)7-5-9(13)10(14)6-8(7)12/h5-6H,2-4H2,1H3. The number of halogens is 3. The first kappa shape index (κ1) is 11.8. The van der Waals surface area contributed by atoms with Gasteiger partial charge >= 0.3 is 0 Å². The Bertz CT molecular complexity index is 374. The topological polar surface area (TPSA) is 17.1 Å². The predicted octanol–water partition coefficient (Wildman–Crippen LogP) is 3.48. The van der Waals surface area contributed by atoms with E-state index in [2.05, 4.69) is 0 Å². The van der Waals surface area contributed by atoms with Crippen LogP contribution in [0.25, 0.3) is 0 Å². The molecule has 0 heterocycles. The van der Waals surface area contributed by atoms with Gasteiger partial charge in [-0.05, 0) is 12.5 Å². The first-order chi connectivity index (χ1) is 7.06. The highest BCUT2D eigenvalue weighted by atomic mass is 19.2. The van der Waals surface area contributed by atoms with Crippen molar-refractivity contribution < 1.29 is 18.0 Å². The molecule has 1 aromatic rings. The molecule has 0 radical (unpaired) electrons. The zero-order valence-electron chi connectivity index (χ0n) is 8.32. The number of carbonyl (C=O) groups is 1. The number of Topliss-reactive ketones (excluding diaryl/α,β-unsaturated/α-hetero) is 1. The minimum absolute atomic E-state index is 0.151. The number of rotatable bonds is 4. The molecule has 1 rings (SSSR count). The quantitative estimate of drug-likeness (QED) is 0.556. The number of hydrogen-bond donors (Lipinski definition) is 0. The zero-order chi connectivity index (χ0) is 11.4. The molecule has 1 aromatic carbocycles. The van der Waals surface area contributed by atoms with Gasteiger partial charge in [-0.1, -0.05) is 13.3 Å². The Morgan fingerprint density at radius 1 is 1.13 bits per heavy atom. The Balaban J connectivity index is 2.94. The highest BCUT2D eigenvalue weighted by Crippen LogP contribution is 2.16. The average molecular weight is 216 g/mol. The maximum Gasteiger partial charge on any atom is 0.165 e. The van der Waals surface area contributed by atoms with Crippen LogP contribution in [0.15, 0.2) is 12.1 Å². The molecule has 82 valence electrons. The van der Waals surface area contributed by atoms with Gasteiger partial charge in [0.2, 0.25) is 0 Å². The zero-order valence-corrected chi connectivity index (χ0v) is 8.32. The number of carbonyl (C=O) groups excluding carboxylic acids is 1. The van der Waals surface area contributed by atoms with Crippen molar-refractivity contribution in [1.82, 2.24) is 0 Å². The minimum atomic E-state index is -1.28. The fourth-order valence-electron chi connectivity index (χ4n) is 1.21. The van der Waals surface area contributed by atoms with Gasteiger partial charge in [0.15, 0.2) is 17.4 Å². The molecule has 0 aromatic heterocycles. The average Bonchev–Trinajstić information content (AvgIpc) is 2.20. The largest absolute Gasteiger partial charge is 0.294 e. The summed E-state index contributed by atoms with van der Waals surface area (Å²) in [4.78, 5) is 11.4. The fourth-order valence-corrected chi connectivity index (χ4v) is 1.21. The molecule has 0 bridgehead atoms. The molecule has 0 saturated carbocycles. The van der Waals surface area contributed by atoms with Crippen molar-refractivity contribution in [2.24, 2.45) is 0 Å². The lowest BCUT2D eigenvalue weighted by Crippen LogP contribution is -2.04. The van der Waals surface area contributed by atoms with Crippen LogP contribution in [-0.4, -0.2) is 5.78 Å². The van der Waals surface area contributed by atoms with Crippen molar-refractivity contribution in [1.29, 1.82) is 0 Å². The van der Waals surface area contributed by atoms with E-state index in [0.717, 1.165) is 6.42 Å². The van der Waals surface area contributed by atoms with Gasteiger partial charge in [-0.2, -0.15) is 0 Å². The second-order valence-electron chi connectivity index (χ2n) is 3.27. The molecule has 15 heavy (non-hydrogen) atoms. The van der Waals surface area contributed by atoms with Crippen molar-refractivity contribution in [3.05, 3.63) is 35.1 Å². The third-order valence-electron chi connectivity index (χ3n) is 2.07. The Morgan fingerprint density at radius 2 is 1.73 bits per heavy atom. The van der Waals surface area contributed by atoms with Gasteiger partial charge in [0.1, 0.15) is 5.82 Å². The van der Waals surface area contributed by atoms with Crippen LogP contribution in [0.1, 0.15) is 36.5 Å². The van der Waals surface area contributed by atoms with Gasteiger partial charge in [0, 0.05) is 12.5 Å². The van der Waals surface area contributed by atoms with Crippen LogP contribution in [-0.2, 0) is 0 Å². The molecule has 0 amide bonds. The van der Waals surface area contributed by atoms with Crippen molar-refractivity contribution in [2.75, 3.05) is 0 Å². The van der Waals surface area contributed by atoms with Crippen LogP contribution in [0.4, 0.5) is 13.2 Å². The third kappa shape index (κ3) is 2.81. The van der Waals surface area contributed by atoms with E-state index in [1.165, 1.54) is 0 Å². The molecule has 0 N–H and O–H groups in total. The molecule has 0 unspecified atom stereocenters. The maximum absolute atomic E-state index is 13.1. The minimum Gasteiger partial charge on any atom is -0.294 e. The predicted molar refractivity (Wildman–Crippen MR) is 50.2 cm³/mol. The summed E-state index contributed by atoms with van der Waals surface area (Å²) >= 11 is 0. The molecule has 0 fully saturated rings. The molecule has 4 heteroatoms. The van der Waals surface area contributed by atoms with Crippen molar-refractivity contribution in [2.45, 2.75) is 26.2 Å². The van der Waals surface area contributed by atoms with Crippen molar-refractivity contribution >= 4 is 5.78 Å². The van der Waals surface area contributed by atoms with Crippen LogP contribution in [0.3, 0.4) is 0 Å². The van der Waals surface area contributed by atoms with E-state index in [4.69, 9.17) is 0 Å². The molecule has 0 saturated heterocycles. The van der Waals surface area contributed by atoms with Gasteiger partial charge in [-0.25, -0.2) is 13.2 Å². The van der Waals surface area contributed by atoms with Crippen LogP contribution in [0.2, 0.25) is 0 Å². The normalized spacial score (nSPS) is 10.4. The van der Waals surface area contributed by atoms with Gasteiger partial charge in [0.25, 0.3) is 0 Å². The second-order valence-corrected chi connectivity index (χ2v) is 3.27. The Kier molecular flexibility index (Phi) is 3.88.